The van der Waals surface area contributed by atoms with E-state index < -0.39 is 5.97 Å². The highest BCUT2D eigenvalue weighted by Gasteiger charge is 2.26. The van der Waals surface area contributed by atoms with Crippen molar-refractivity contribution < 1.29 is 14.3 Å². The second-order valence-electron chi connectivity index (χ2n) is 4.44. The van der Waals surface area contributed by atoms with Crippen LogP contribution in [0.1, 0.15) is 29.9 Å². The number of fused-ring (bicyclic) bond motifs is 1. The molecule has 0 aliphatic heterocycles. The van der Waals surface area contributed by atoms with Crippen molar-refractivity contribution in [1.82, 2.24) is 5.32 Å². The Labute approximate surface area is 106 Å². The third-order valence-electron chi connectivity index (χ3n) is 3.32. The Hall–Kier alpha value is -1.84. The minimum atomic E-state index is -0.424. The maximum Gasteiger partial charge on any atom is 0.325 e. The van der Waals surface area contributed by atoms with E-state index in [1.54, 1.807) is 0 Å². The van der Waals surface area contributed by atoms with Crippen LogP contribution in [-0.2, 0) is 20.7 Å². The number of carbonyl (C=O) groups excluding carboxylic acids is 2. The first-order valence-electron chi connectivity index (χ1n) is 6.14. The Morgan fingerprint density at radius 2 is 2.17 bits per heavy atom. The van der Waals surface area contributed by atoms with Gasteiger partial charge in [-0.1, -0.05) is 24.3 Å². The minimum Gasteiger partial charge on any atom is -0.468 e. The lowest BCUT2D eigenvalue weighted by Gasteiger charge is -2.24. The van der Waals surface area contributed by atoms with Crippen LogP contribution in [0.4, 0.5) is 0 Å². The van der Waals surface area contributed by atoms with Crippen molar-refractivity contribution in [3.63, 3.8) is 0 Å². The number of benzene rings is 1. The Bertz CT molecular complexity index is 456. The fourth-order valence-corrected chi connectivity index (χ4v) is 2.38. The second-order valence-corrected chi connectivity index (χ2v) is 4.44. The summed E-state index contributed by atoms with van der Waals surface area (Å²) in [5, 5.41) is 2.63. The summed E-state index contributed by atoms with van der Waals surface area (Å²) < 4.78 is 4.50. The summed E-state index contributed by atoms with van der Waals surface area (Å²) in [5.74, 6) is -0.653. The van der Waals surface area contributed by atoms with Gasteiger partial charge >= 0.3 is 5.97 Å². The van der Waals surface area contributed by atoms with E-state index in [9.17, 15) is 9.59 Å². The fraction of sp³-hybridized carbons (Fsp3) is 0.429. The van der Waals surface area contributed by atoms with Gasteiger partial charge < -0.3 is 10.1 Å². The Morgan fingerprint density at radius 3 is 2.94 bits per heavy atom. The van der Waals surface area contributed by atoms with E-state index in [2.05, 4.69) is 16.1 Å². The highest BCUT2D eigenvalue weighted by Crippen LogP contribution is 2.31. The quantitative estimate of drug-likeness (QED) is 0.821. The van der Waals surface area contributed by atoms with Gasteiger partial charge in [-0.05, 0) is 30.4 Å². The normalized spacial score (nSPS) is 17.7. The summed E-state index contributed by atoms with van der Waals surface area (Å²) in [4.78, 5) is 23.1. The molecular formula is C14H17NO3. The number of amides is 1. The third-order valence-corrected chi connectivity index (χ3v) is 3.32. The van der Waals surface area contributed by atoms with E-state index in [0.717, 1.165) is 24.8 Å². The molecule has 0 unspecified atom stereocenters. The Morgan fingerprint density at radius 1 is 1.39 bits per heavy atom. The molecular weight excluding hydrogens is 230 g/mol. The van der Waals surface area contributed by atoms with E-state index in [1.807, 2.05) is 18.2 Å². The first-order valence-corrected chi connectivity index (χ1v) is 6.14. The average molecular weight is 247 g/mol. The summed E-state index contributed by atoms with van der Waals surface area (Å²) in [5.41, 5.74) is 2.33. The molecule has 96 valence electrons. The first-order chi connectivity index (χ1) is 8.72. The fourth-order valence-electron chi connectivity index (χ4n) is 2.38. The van der Waals surface area contributed by atoms with Gasteiger partial charge in [0, 0.05) is 0 Å². The molecule has 0 aromatic heterocycles. The molecule has 1 aliphatic carbocycles. The zero-order chi connectivity index (χ0) is 13.0. The van der Waals surface area contributed by atoms with Gasteiger partial charge in [0.25, 0.3) is 0 Å². The number of nitrogens with one attached hydrogen (secondary N) is 1. The number of esters is 1. The molecule has 18 heavy (non-hydrogen) atoms. The van der Waals surface area contributed by atoms with Crippen molar-refractivity contribution in [2.45, 2.75) is 25.2 Å². The molecule has 0 spiro atoms. The Balaban J connectivity index is 2.06. The highest BCUT2D eigenvalue weighted by atomic mass is 16.5. The molecule has 1 aromatic carbocycles. The number of carbonyl (C=O) groups is 2. The number of aryl methyl sites for hydroxylation is 1. The molecule has 0 heterocycles. The smallest absolute Gasteiger partial charge is 0.325 e. The zero-order valence-electron chi connectivity index (χ0n) is 10.4. The number of rotatable bonds is 3. The van der Waals surface area contributed by atoms with Crippen molar-refractivity contribution in [3.8, 4) is 0 Å². The molecule has 0 fully saturated rings. The molecule has 1 aliphatic rings. The van der Waals surface area contributed by atoms with Crippen LogP contribution in [0.15, 0.2) is 24.3 Å². The van der Waals surface area contributed by atoms with Gasteiger partial charge in [-0.2, -0.15) is 0 Å². The van der Waals surface area contributed by atoms with Crippen LogP contribution in [0.3, 0.4) is 0 Å². The van der Waals surface area contributed by atoms with Crippen molar-refractivity contribution in [2.24, 2.45) is 0 Å². The first kappa shape index (κ1) is 12.6. The van der Waals surface area contributed by atoms with E-state index >= 15 is 0 Å². The zero-order valence-corrected chi connectivity index (χ0v) is 10.4. The van der Waals surface area contributed by atoms with Gasteiger partial charge in [-0.15, -0.1) is 0 Å². The lowest BCUT2D eigenvalue weighted by atomic mass is 9.82. The van der Waals surface area contributed by atoms with E-state index in [1.165, 1.54) is 12.7 Å². The van der Waals surface area contributed by atoms with Crippen molar-refractivity contribution in [3.05, 3.63) is 35.4 Å². The molecule has 0 bridgehead atoms. The van der Waals surface area contributed by atoms with E-state index in [-0.39, 0.29) is 18.4 Å². The Kier molecular flexibility index (Phi) is 3.97. The number of hydrogen-bond donors (Lipinski definition) is 1. The van der Waals surface area contributed by atoms with Gasteiger partial charge in [0.2, 0.25) is 5.91 Å². The van der Waals surface area contributed by atoms with Crippen molar-refractivity contribution in [2.75, 3.05) is 13.7 Å². The monoisotopic (exact) mass is 247 g/mol. The lowest BCUT2D eigenvalue weighted by molar-refractivity contribution is -0.141. The molecule has 2 rings (SSSR count). The van der Waals surface area contributed by atoms with Gasteiger partial charge in [0.05, 0.1) is 13.0 Å². The highest BCUT2D eigenvalue weighted by molar-refractivity contribution is 5.87. The van der Waals surface area contributed by atoms with E-state index in [4.69, 9.17) is 0 Å². The second kappa shape index (κ2) is 5.67. The molecule has 0 saturated heterocycles. The topological polar surface area (TPSA) is 55.4 Å². The van der Waals surface area contributed by atoms with Crippen molar-refractivity contribution in [1.29, 1.82) is 0 Å². The molecule has 1 atom stereocenters. The van der Waals surface area contributed by atoms with Crippen LogP contribution in [0.25, 0.3) is 0 Å². The molecule has 1 N–H and O–H groups in total. The molecule has 1 aromatic rings. The third kappa shape index (κ3) is 2.70. The summed E-state index contributed by atoms with van der Waals surface area (Å²) in [6, 6.07) is 8.00. The van der Waals surface area contributed by atoms with Gasteiger partial charge in [-0.3, -0.25) is 9.59 Å². The SMILES string of the molecule is COC(=O)CNC(=O)[C@H]1CCCc2ccccc21. The van der Waals surface area contributed by atoms with Crippen LogP contribution in [0, 0.1) is 0 Å². The van der Waals surface area contributed by atoms with Gasteiger partial charge in [0.1, 0.15) is 6.54 Å². The molecule has 4 heteroatoms. The minimum absolute atomic E-state index is 0.0615. The predicted molar refractivity (Wildman–Crippen MR) is 67.1 cm³/mol. The van der Waals surface area contributed by atoms with Gasteiger partial charge in [-0.25, -0.2) is 0 Å². The lowest BCUT2D eigenvalue weighted by Crippen LogP contribution is -2.35. The van der Waals surface area contributed by atoms with Gasteiger partial charge in [0.15, 0.2) is 0 Å². The maximum absolute atomic E-state index is 12.1. The largest absolute Gasteiger partial charge is 0.468 e. The number of hydrogen-bond acceptors (Lipinski definition) is 3. The van der Waals surface area contributed by atoms with Crippen LogP contribution >= 0.6 is 0 Å². The molecule has 0 radical (unpaired) electrons. The van der Waals surface area contributed by atoms with Crippen LogP contribution in [-0.4, -0.2) is 25.5 Å². The summed E-state index contributed by atoms with van der Waals surface area (Å²) in [7, 11) is 1.31. The average Bonchev–Trinajstić information content (AvgIpc) is 2.43. The van der Waals surface area contributed by atoms with Crippen LogP contribution < -0.4 is 5.32 Å². The van der Waals surface area contributed by atoms with E-state index in [0.29, 0.717) is 0 Å². The summed E-state index contributed by atoms with van der Waals surface area (Å²) in [6.07, 6.45) is 2.87. The predicted octanol–water partition coefficient (Wildman–Crippen LogP) is 1.40. The molecule has 1 amide bonds. The summed E-state index contributed by atoms with van der Waals surface area (Å²) in [6.45, 7) is -0.0615. The molecule has 0 saturated carbocycles. The number of ether oxygens (including phenoxy) is 1. The molecule has 4 nitrogen and oxygen atoms in total. The van der Waals surface area contributed by atoms with Crippen LogP contribution in [0.5, 0.6) is 0 Å². The number of methoxy groups -OCH3 is 1. The van der Waals surface area contributed by atoms with Crippen LogP contribution in [0.2, 0.25) is 0 Å². The maximum atomic E-state index is 12.1. The van der Waals surface area contributed by atoms with Crippen molar-refractivity contribution >= 4 is 11.9 Å². The standard InChI is InChI=1S/C14H17NO3/c1-18-13(16)9-15-14(17)12-8-4-6-10-5-2-3-7-11(10)12/h2-3,5,7,12H,4,6,8-9H2,1H3,(H,15,17)/t12-/m0/s1. The summed E-state index contributed by atoms with van der Waals surface area (Å²) >= 11 is 0.